The maximum atomic E-state index is 13.2. The summed E-state index contributed by atoms with van der Waals surface area (Å²) in [6.45, 7) is 11.6. The van der Waals surface area contributed by atoms with Crippen LogP contribution in [0.2, 0.25) is 0 Å². The second-order valence-electron chi connectivity index (χ2n) is 8.44. The summed E-state index contributed by atoms with van der Waals surface area (Å²) >= 11 is 0. The molecule has 0 bridgehead atoms. The summed E-state index contributed by atoms with van der Waals surface area (Å²) in [5.74, 6) is -0.160. The third-order valence-corrected chi connectivity index (χ3v) is 6.34. The number of hydrogen-bond donors (Lipinski definition) is 0. The summed E-state index contributed by atoms with van der Waals surface area (Å²) in [5.41, 5.74) is 4.94. The van der Waals surface area contributed by atoms with E-state index < -0.39 is 0 Å². The highest BCUT2D eigenvalue weighted by atomic mass is 16.1. The first kappa shape index (κ1) is 26.7. The Morgan fingerprint density at radius 3 is 1.08 bits per heavy atom. The van der Waals surface area contributed by atoms with E-state index in [4.69, 9.17) is 0 Å². The van der Waals surface area contributed by atoms with Gasteiger partial charge in [-0.05, 0) is 38.8 Å². The summed E-state index contributed by atoms with van der Waals surface area (Å²) < 4.78 is 0. The second-order valence-corrected chi connectivity index (χ2v) is 8.44. The van der Waals surface area contributed by atoms with Crippen molar-refractivity contribution >= 4 is 23.0 Å². The number of benzene rings is 3. The summed E-state index contributed by atoms with van der Waals surface area (Å²) in [7, 11) is 0. The Morgan fingerprint density at radius 2 is 0.806 bits per heavy atom. The number of carbonyl (C=O) groups is 2. The molecule has 36 heavy (non-hydrogen) atoms. The first-order valence-corrected chi connectivity index (χ1v) is 12.7. The highest BCUT2D eigenvalue weighted by Gasteiger charge is 2.14. The van der Waals surface area contributed by atoms with Crippen LogP contribution >= 0.6 is 0 Å². The molecule has 3 aromatic carbocycles. The van der Waals surface area contributed by atoms with E-state index in [1.807, 2.05) is 60.7 Å². The van der Waals surface area contributed by atoms with Crippen molar-refractivity contribution in [2.45, 2.75) is 27.7 Å². The van der Waals surface area contributed by atoms with Crippen LogP contribution in [0.3, 0.4) is 0 Å². The molecule has 186 valence electrons. The van der Waals surface area contributed by atoms with Crippen molar-refractivity contribution in [2.24, 2.45) is 0 Å². The quantitative estimate of drug-likeness (QED) is 0.211. The van der Waals surface area contributed by atoms with E-state index in [0.717, 1.165) is 48.7 Å². The minimum atomic E-state index is -0.0802. The SMILES string of the molecule is CCN(CC)/C(=C\C(=O)c1ccc(C(=O)/C=C(/c2ccccc2)N(CC)CC)cc1)c1ccccc1. The van der Waals surface area contributed by atoms with E-state index in [0.29, 0.717) is 11.1 Å². The average molecular weight is 481 g/mol. The standard InChI is InChI=1S/C32H36N2O2/c1-5-33(6-2)29(25-15-11-9-12-16-25)23-31(35)27-19-21-28(22-20-27)32(36)24-30(34(7-3)8-4)26-17-13-10-14-18-26/h9-24H,5-8H2,1-4H3/b29-23-,30-24-. The van der Waals surface area contributed by atoms with Gasteiger partial charge in [0.25, 0.3) is 0 Å². The lowest BCUT2D eigenvalue weighted by atomic mass is 10.0. The van der Waals surface area contributed by atoms with Crippen molar-refractivity contribution in [3.05, 3.63) is 119 Å². The van der Waals surface area contributed by atoms with Gasteiger partial charge >= 0.3 is 0 Å². The Morgan fingerprint density at radius 1 is 0.500 bits per heavy atom. The first-order valence-electron chi connectivity index (χ1n) is 12.7. The molecule has 0 amide bonds. The number of nitrogens with zero attached hydrogens (tertiary/aromatic N) is 2. The zero-order valence-electron chi connectivity index (χ0n) is 21.8. The van der Waals surface area contributed by atoms with Crippen LogP contribution in [0.25, 0.3) is 11.4 Å². The topological polar surface area (TPSA) is 40.6 Å². The molecule has 3 rings (SSSR count). The van der Waals surface area contributed by atoms with Crippen LogP contribution < -0.4 is 0 Å². The molecule has 0 unspecified atom stereocenters. The third kappa shape index (κ3) is 6.60. The van der Waals surface area contributed by atoms with Crippen LogP contribution in [0.4, 0.5) is 0 Å². The molecule has 0 saturated carbocycles. The van der Waals surface area contributed by atoms with E-state index in [2.05, 4.69) is 37.5 Å². The van der Waals surface area contributed by atoms with E-state index >= 15 is 0 Å². The van der Waals surface area contributed by atoms with Gasteiger partial charge in [0, 0.05) is 60.9 Å². The minimum absolute atomic E-state index is 0.0802. The third-order valence-electron chi connectivity index (χ3n) is 6.34. The molecular weight excluding hydrogens is 444 g/mol. The fourth-order valence-electron chi connectivity index (χ4n) is 4.27. The van der Waals surface area contributed by atoms with Gasteiger partial charge in [-0.2, -0.15) is 0 Å². The fourth-order valence-corrected chi connectivity index (χ4v) is 4.27. The van der Waals surface area contributed by atoms with Crippen molar-refractivity contribution in [1.82, 2.24) is 9.80 Å². The number of rotatable bonds is 12. The van der Waals surface area contributed by atoms with E-state index in [1.54, 1.807) is 36.4 Å². The Labute approximate surface area is 215 Å². The predicted molar refractivity (Wildman–Crippen MR) is 150 cm³/mol. The van der Waals surface area contributed by atoms with Crippen LogP contribution in [0.1, 0.15) is 59.5 Å². The van der Waals surface area contributed by atoms with Gasteiger partial charge in [0.1, 0.15) is 0 Å². The molecule has 0 aliphatic carbocycles. The maximum absolute atomic E-state index is 13.2. The first-order chi connectivity index (χ1) is 17.5. The minimum Gasteiger partial charge on any atom is -0.371 e. The van der Waals surface area contributed by atoms with Crippen molar-refractivity contribution in [3.63, 3.8) is 0 Å². The van der Waals surface area contributed by atoms with Crippen molar-refractivity contribution in [3.8, 4) is 0 Å². The van der Waals surface area contributed by atoms with Gasteiger partial charge < -0.3 is 9.80 Å². The lowest BCUT2D eigenvalue weighted by Gasteiger charge is -2.25. The zero-order valence-corrected chi connectivity index (χ0v) is 21.8. The van der Waals surface area contributed by atoms with E-state index in [-0.39, 0.29) is 11.6 Å². The molecule has 0 heterocycles. The normalized spacial score (nSPS) is 11.8. The predicted octanol–water partition coefficient (Wildman–Crippen LogP) is 6.82. The van der Waals surface area contributed by atoms with Gasteiger partial charge in [-0.25, -0.2) is 0 Å². The van der Waals surface area contributed by atoms with Gasteiger partial charge in [0.05, 0.1) is 0 Å². The number of ketones is 2. The summed E-state index contributed by atoms with van der Waals surface area (Å²) in [4.78, 5) is 30.7. The Kier molecular flexibility index (Phi) is 9.82. The molecule has 0 spiro atoms. The van der Waals surface area contributed by atoms with E-state index in [1.165, 1.54) is 0 Å². The molecule has 4 nitrogen and oxygen atoms in total. The highest BCUT2D eigenvalue weighted by Crippen LogP contribution is 2.22. The largest absolute Gasteiger partial charge is 0.371 e. The molecule has 0 radical (unpaired) electrons. The molecule has 0 saturated heterocycles. The van der Waals surface area contributed by atoms with Gasteiger partial charge in [-0.15, -0.1) is 0 Å². The average Bonchev–Trinajstić information content (AvgIpc) is 2.94. The summed E-state index contributed by atoms with van der Waals surface area (Å²) in [6.07, 6.45) is 3.40. The van der Waals surface area contributed by atoms with Crippen molar-refractivity contribution < 1.29 is 9.59 Å². The highest BCUT2D eigenvalue weighted by molar-refractivity contribution is 6.11. The molecular formula is C32H36N2O2. The molecule has 0 atom stereocenters. The molecule has 0 aromatic heterocycles. The lowest BCUT2D eigenvalue weighted by molar-refractivity contribution is 0.103. The van der Waals surface area contributed by atoms with Crippen molar-refractivity contribution in [2.75, 3.05) is 26.2 Å². The Hall–Kier alpha value is -3.92. The fraction of sp³-hybridized carbons (Fsp3) is 0.250. The maximum Gasteiger partial charge on any atom is 0.187 e. The number of allylic oxidation sites excluding steroid dienone is 2. The molecule has 0 aliphatic heterocycles. The molecule has 0 fully saturated rings. The number of carbonyl (C=O) groups excluding carboxylic acids is 2. The van der Waals surface area contributed by atoms with Crippen LogP contribution in [0.15, 0.2) is 97.1 Å². The lowest BCUT2D eigenvalue weighted by Crippen LogP contribution is -2.22. The molecule has 3 aromatic rings. The Bertz CT molecular complexity index is 1090. The summed E-state index contributed by atoms with van der Waals surface area (Å²) in [5, 5.41) is 0. The van der Waals surface area contributed by atoms with Gasteiger partial charge in [-0.1, -0.05) is 84.9 Å². The Balaban J connectivity index is 1.89. The van der Waals surface area contributed by atoms with Gasteiger partial charge in [0.2, 0.25) is 0 Å². The molecule has 4 heteroatoms. The van der Waals surface area contributed by atoms with E-state index in [9.17, 15) is 9.59 Å². The van der Waals surface area contributed by atoms with Crippen LogP contribution in [0, 0.1) is 0 Å². The molecule has 0 N–H and O–H groups in total. The van der Waals surface area contributed by atoms with Crippen molar-refractivity contribution in [1.29, 1.82) is 0 Å². The number of hydrogen-bond acceptors (Lipinski definition) is 4. The van der Waals surface area contributed by atoms with Gasteiger partial charge in [0.15, 0.2) is 11.6 Å². The van der Waals surface area contributed by atoms with Crippen LogP contribution in [-0.2, 0) is 0 Å². The van der Waals surface area contributed by atoms with Crippen LogP contribution in [-0.4, -0.2) is 47.5 Å². The second kappa shape index (κ2) is 13.2. The smallest absolute Gasteiger partial charge is 0.187 e. The van der Waals surface area contributed by atoms with Gasteiger partial charge in [-0.3, -0.25) is 9.59 Å². The monoisotopic (exact) mass is 480 g/mol. The summed E-state index contributed by atoms with van der Waals surface area (Å²) in [6, 6.07) is 26.9. The molecule has 0 aliphatic rings. The van der Waals surface area contributed by atoms with Crippen LogP contribution in [0.5, 0.6) is 0 Å². The zero-order chi connectivity index (χ0) is 25.9.